The predicted molar refractivity (Wildman–Crippen MR) is 74.4 cm³/mol. The van der Waals surface area contributed by atoms with Crippen LogP contribution in [0.2, 0.25) is 5.02 Å². The largest absolute Gasteiger partial charge is 0.436 e. The molecular weight excluding hydrogens is 265 g/mol. The van der Waals surface area contributed by atoms with Crippen molar-refractivity contribution in [3.63, 3.8) is 0 Å². The summed E-state index contributed by atoms with van der Waals surface area (Å²) in [4.78, 5) is 3.87. The average molecular weight is 280 g/mol. The lowest BCUT2D eigenvalue weighted by Crippen LogP contribution is -2.12. The minimum absolute atomic E-state index is 0.0684. The summed E-state index contributed by atoms with van der Waals surface area (Å²) in [6.45, 7) is 6.21. The molecule has 2 rings (SSSR count). The number of ether oxygens (including phenoxy) is 1. The van der Waals surface area contributed by atoms with Gasteiger partial charge in [0.1, 0.15) is 5.75 Å². The highest BCUT2D eigenvalue weighted by molar-refractivity contribution is 6.30. The SMILES string of the molecule is CC(C)(C)c1ccccc1Oc1ncc(Cl)cc1F. The summed E-state index contributed by atoms with van der Waals surface area (Å²) in [5.74, 6) is -0.0407. The second-order valence-corrected chi connectivity index (χ2v) is 5.73. The number of rotatable bonds is 2. The predicted octanol–water partition coefficient (Wildman–Crippen LogP) is 4.96. The van der Waals surface area contributed by atoms with Crippen molar-refractivity contribution in [2.45, 2.75) is 26.2 Å². The zero-order valence-corrected chi connectivity index (χ0v) is 11.8. The molecule has 0 saturated heterocycles. The van der Waals surface area contributed by atoms with Crippen molar-refractivity contribution in [2.75, 3.05) is 0 Å². The molecule has 0 aliphatic rings. The maximum atomic E-state index is 13.7. The first-order valence-electron chi connectivity index (χ1n) is 5.96. The molecule has 0 N–H and O–H groups in total. The van der Waals surface area contributed by atoms with Crippen molar-refractivity contribution in [1.29, 1.82) is 0 Å². The lowest BCUT2D eigenvalue weighted by molar-refractivity contribution is 0.408. The smallest absolute Gasteiger partial charge is 0.255 e. The van der Waals surface area contributed by atoms with Crippen LogP contribution in [-0.2, 0) is 5.41 Å². The molecular formula is C15H15ClFNO. The molecule has 0 saturated carbocycles. The van der Waals surface area contributed by atoms with Crippen molar-refractivity contribution in [3.05, 3.63) is 52.9 Å². The number of nitrogens with zero attached hydrogens (tertiary/aromatic N) is 1. The van der Waals surface area contributed by atoms with Crippen LogP contribution >= 0.6 is 11.6 Å². The van der Waals surface area contributed by atoms with Crippen LogP contribution in [0.5, 0.6) is 11.6 Å². The van der Waals surface area contributed by atoms with Crippen LogP contribution in [-0.4, -0.2) is 4.98 Å². The molecule has 2 nitrogen and oxygen atoms in total. The van der Waals surface area contributed by atoms with Crippen molar-refractivity contribution < 1.29 is 9.13 Å². The summed E-state index contributed by atoms with van der Waals surface area (Å²) >= 11 is 5.67. The maximum absolute atomic E-state index is 13.7. The van der Waals surface area contributed by atoms with Crippen LogP contribution in [0, 0.1) is 5.82 Å². The van der Waals surface area contributed by atoms with Gasteiger partial charge in [0.05, 0.1) is 5.02 Å². The molecule has 1 aromatic heterocycles. The number of para-hydroxylation sites is 1. The Morgan fingerprint density at radius 3 is 2.53 bits per heavy atom. The number of halogens is 2. The lowest BCUT2D eigenvalue weighted by Gasteiger charge is -2.22. The molecule has 0 aliphatic carbocycles. The van der Waals surface area contributed by atoms with Gasteiger partial charge in [0, 0.05) is 11.8 Å². The number of benzene rings is 1. The Morgan fingerprint density at radius 1 is 1.21 bits per heavy atom. The zero-order chi connectivity index (χ0) is 14.0. The Bertz CT molecular complexity index is 593. The third-order valence-corrected chi connectivity index (χ3v) is 2.88. The Morgan fingerprint density at radius 2 is 1.89 bits per heavy atom. The minimum atomic E-state index is -0.573. The van der Waals surface area contributed by atoms with E-state index in [0.29, 0.717) is 5.75 Å². The summed E-state index contributed by atoms with van der Waals surface area (Å²) in [7, 11) is 0. The molecule has 0 atom stereocenters. The van der Waals surface area contributed by atoms with Gasteiger partial charge in [-0.05, 0) is 17.5 Å². The van der Waals surface area contributed by atoms with Gasteiger partial charge in [-0.1, -0.05) is 50.6 Å². The summed E-state index contributed by atoms with van der Waals surface area (Å²) in [6.07, 6.45) is 1.36. The Kier molecular flexibility index (Phi) is 3.76. The Labute approximate surface area is 117 Å². The van der Waals surface area contributed by atoms with Crippen LogP contribution in [0.4, 0.5) is 4.39 Å². The third-order valence-electron chi connectivity index (χ3n) is 2.68. The standard InChI is InChI=1S/C15H15ClFNO/c1-15(2,3)11-6-4-5-7-13(11)19-14-12(17)8-10(16)9-18-14/h4-9H,1-3H3. The van der Waals surface area contributed by atoms with E-state index in [2.05, 4.69) is 25.8 Å². The van der Waals surface area contributed by atoms with E-state index in [4.69, 9.17) is 16.3 Å². The average Bonchev–Trinajstić information content (AvgIpc) is 2.32. The van der Waals surface area contributed by atoms with Gasteiger partial charge in [0.2, 0.25) is 0 Å². The third kappa shape index (κ3) is 3.24. The van der Waals surface area contributed by atoms with E-state index in [1.807, 2.05) is 18.2 Å². The molecule has 0 fully saturated rings. The molecule has 0 spiro atoms. The molecule has 0 radical (unpaired) electrons. The molecule has 0 unspecified atom stereocenters. The van der Waals surface area contributed by atoms with E-state index in [0.717, 1.165) is 5.56 Å². The fraction of sp³-hybridized carbons (Fsp3) is 0.267. The monoisotopic (exact) mass is 279 g/mol. The highest BCUT2D eigenvalue weighted by Gasteiger charge is 2.19. The molecule has 2 aromatic rings. The summed E-state index contributed by atoms with van der Waals surface area (Å²) < 4.78 is 19.3. The topological polar surface area (TPSA) is 22.1 Å². The molecule has 0 amide bonds. The van der Waals surface area contributed by atoms with Gasteiger partial charge in [0.25, 0.3) is 5.88 Å². The van der Waals surface area contributed by atoms with Crippen molar-refractivity contribution in [2.24, 2.45) is 0 Å². The Hall–Kier alpha value is -1.61. The molecule has 100 valence electrons. The number of pyridine rings is 1. The van der Waals surface area contributed by atoms with Crippen LogP contribution < -0.4 is 4.74 Å². The van der Waals surface area contributed by atoms with Crippen molar-refractivity contribution >= 4 is 11.6 Å². The minimum Gasteiger partial charge on any atom is -0.436 e. The van der Waals surface area contributed by atoms with Gasteiger partial charge in [-0.2, -0.15) is 0 Å². The van der Waals surface area contributed by atoms with Crippen LogP contribution in [0.15, 0.2) is 36.5 Å². The van der Waals surface area contributed by atoms with E-state index < -0.39 is 5.82 Å². The highest BCUT2D eigenvalue weighted by atomic mass is 35.5. The van der Waals surface area contributed by atoms with Crippen molar-refractivity contribution in [1.82, 2.24) is 4.98 Å². The quantitative estimate of drug-likeness (QED) is 0.775. The zero-order valence-electron chi connectivity index (χ0n) is 11.1. The van der Waals surface area contributed by atoms with Gasteiger partial charge in [-0.25, -0.2) is 9.37 Å². The first-order chi connectivity index (χ1) is 8.88. The highest BCUT2D eigenvalue weighted by Crippen LogP contribution is 2.34. The van der Waals surface area contributed by atoms with E-state index >= 15 is 0 Å². The molecule has 0 aliphatic heterocycles. The van der Waals surface area contributed by atoms with Crippen LogP contribution in [0.3, 0.4) is 0 Å². The van der Waals surface area contributed by atoms with Crippen LogP contribution in [0.25, 0.3) is 0 Å². The maximum Gasteiger partial charge on any atom is 0.255 e. The summed E-state index contributed by atoms with van der Waals surface area (Å²) in [5, 5.41) is 0.244. The van der Waals surface area contributed by atoms with Crippen molar-refractivity contribution in [3.8, 4) is 11.6 Å². The van der Waals surface area contributed by atoms with Gasteiger partial charge in [-0.15, -0.1) is 0 Å². The van der Waals surface area contributed by atoms with Gasteiger partial charge < -0.3 is 4.74 Å². The molecule has 0 bridgehead atoms. The second-order valence-electron chi connectivity index (χ2n) is 5.29. The van der Waals surface area contributed by atoms with E-state index in [9.17, 15) is 4.39 Å². The van der Waals surface area contributed by atoms with E-state index in [-0.39, 0.29) is 16.3 Å². The summed E-state index contributed by atoms with van der Waals surface area (Å²) in [5.41, 5.74) is 0.894. The number of hydrogen-bond donors (Lipinski definition) is 0. The van der Waals surface area contributed by atoms with Gasteiger partial charge in [0.15, 0.2) is 5.82 Å². The fourth-order valence-electron chi connectivity index (χ4n) is 1.76. The molecule has 19 heavy (non-hydrogen) atoms. The van der Waals surface area contributed by atoms with Gasteiger partial charge >= 0.3 is 0 Å². The molecule has 1 aromatic carbocycles. The first kappa shape index (κ1) is 13.8. The molecule has 4 heteroatoms. The van der Waals surface area contributed by atoms with Crippen LogP contribution in [0.1, 0.15) is 26.3 Å². The normalized spacial score (nSPS) is 11.4. The van der Waals surface area contributed by atoms with Gasteiger partial charge in [-0.3, -0.25) is 0 Å². The molecule has 1 heterocycles. The first-order valence-corrected chi connectivity index (χ1v) is 6.34. The number of hydrogen-bond acceptors (Lipinski definition) is 2. The summed E-state index contributed by atoms with van der Waals surface area (Å²) in [6, 6.07) is 8.72. The Balaban J connectivity index is 2.39. The number of aromatic nitrogens is 1. The lowest BCUT2D eigenvalue weighted by atomic mass is 9.86. The fourth-order valence-corrected chi connectivity index (χ4v) is 1.90. The van der Waals surface area contributed by atoms with E-state index in [1.54, 1.807) is 6.07 Å². The van der Waals surface area contributed by atoms with E-state index in [1.165, 1.54) is 12.3 Å². The second kappa shape index (κ2) is 5.17.